The summed E-state index contributed by atoms with van der Waals surface area (Å²) in [7, 11) is 1.65. The Bertz CT molecular complexity index is 1480. The number of hydrogen-bond acceptors (Lipinski definition) is 8. The maximum absolute atomic E-state index is 6.56. The van der Waals surface area contributed by atoms with E-state index in [2.05, 4.69) is 66.1 Å². The van der Waals surface area contributed by atoms with E-state index in [0.717, 1.165) is 29.6 Å². The van der Waals surface area contributed by atoms with E-state index < -0.39 is 0 Å². The maximum atomic E-state index is 6.56. The first kappa shape index (κ1) is 25.8. The number of nitrogen functional groups attached to an aromatic ring is 1. The zero-order valence-electron chi connectivity index (χ0n) is 22.8. The summed E-state index contributed by atoms with van der Waals surface area (Å²) in [5.41, 5.74) is 12.1. The van der Waals surface area contributed by atoms with Gasteiger partial charge in [-0.15, -0.1) is 0 Å². The number of hydrogen-bond donors (Lipinski definition) is 1. The third-order valence-electron chi connectivity index (χ3n) is 7.60. The van der Waals surface area contributed by atoms with Crippen LogP contribution in [0, 0.1) is 13.8 Å². The molecule has 0 radical (unpaired) electrons. The summed E-state index contributed by atoms with van der Waals surface area (Å²) in [6, 6.07) is 18.7. The van der Waals surface area contributed by atoms with Crippen LogP contribution in [0.1, 0.15) is 41.6 Å². The molecular weight excluding hydrogens is 506 g/mol. The van der Waals surface area contributed by atoms with Gasteiger partial charge in [0.25, 0.3) is 0 Å². The van der Waals surface area contributed by atoms with Crippen LogP contribution in [0.3, 0.4) is 0 Å². The number of rotatable bonds is 8. The van der Waals surface area contributed by atoms with Gasteiger partial charge in [0.2, 0.25) is 0 Å². The molecule has 1 unspecified atom stereocenters. The lowest BCUT2D eigenvalue weighted by atomic mass is 10.1. The Morgan fingerprint density at radius 1 is 0.974 bits per heavy atom. The zero-order valence-corrected chi connectivity index (χ0v) is 23.6. The van der Waals surface area contributed by atoms with Crippen LogP contribution >= 0.6 is 11.8 Å². The summed E-state index contributed by atoms with van der Waals surface area (Å²) in [5.74, 6) is 2.44. The predicted molar refractivity (Wildman–Crippen MR) is 159 cm³/mol. The van der Waals surface area contributed by atoms with Gasteiger partial charge in [-0.25, -0.2) is 9.97 Å². The highest BCUT2D eigenvalue weighted by molar-refractivity contribution is 8.00. The van der Waals surface area contributed by atoms with Gasteiger partial charge >= 0.3 is 0 Å². The minimum atomic E-state index is -0.152. The molecule has 0 bridgehead atoms. The van der Waals surface area contributed by atoms with Crippen LogP contribution in [0.25, 0.3) is 10.9 Å². The largest absolute Gasteiger partial charge is 0.493 e. The predicted octanol–water partition coefficient (Wildman–Crippen LogP) is 6.64. The highest BCUT2D eigenvalue weighted by Gasteiger charge is 2.36. The van der Waals surface area contributed by atoms with Gasteiger partial charge in [0.1, 0.15) is 11.2 Å². The van der Waals surface area contributed by atoms with Gasteiger partial charge in [-0.1, -0.05) is 42.1 Å². The van der Waals surface area contributed by atoms with Crippen molar-refractivity contribution in [1.82, 2.24) is 14.9 Å². The number of anilines is 3. The van der Waals surface area contributed by atoms with Gasteiger partial charge in [0.15, 0.2) is 17.3 Å². The van der Waals surface area contributed by atoms with Crippen molar-refractivity contribution in [2.75, 3.05) is 44.0 Å². The van der Waals surface area contributed by atoms with Gasteiger partial charge < -0.3 is 25.0 Å². The Hall–Kier alpha value is -3.49. The molecule has 6 rings (SSSR count). The van der Waals surface area contributed by atoms with E-state index in [-0.39, 0.29) is 5.37 Å². The number of aryl methyl sites for hydroxylation is 2. The van der Waals surface area contributed by atoms with E-state index in [9.17, 15) is 0 Å². The molecule has 1 atom stereocenters. The number of likely N-dealkylation sites (tertiary alicyclic amines) is 1. The normalized spacial score (nSPS) is 17.1. The fourth-order valence-corrected chi connectivity index (χ4v) is 6.90. The van der Waals surface area contributed by atoms with Crippen LogP contribution in [0.15, 0.2) is 59.5 Å². The Kier molecular flexibility index (Phi) is 7.23. The van der Waals surface area contributed by atoms with E-state index in [4.69, 9.17) is 25.2 Å². The summed E-state index contributed by atoms with van der Waals surface area (Å²) in [6.45, 7) is 8.38. The van der Waals surface area contributed by atoms with Crippen LogP contribution in [-0.2, 0) is 0 Å². The molecule has 0 saturated carbocycles. The minimum absolute atomic E-state index is 0.152. The van der Waals surface area contributed by atoms with Crippen molar-refractivity contribution < 1.29 is 9.47 Å². The lowest BCUT2D eigenvalue weighted by Crippen LogP contribution is -2.22. The first-order valence-electron chi connectivity index (χ1n) is 13.6. The second-order valence-electron chi connectivity index (χ2n) is 10.3. The van der Waals surface area contributed by atoms with Gasteiger partial charge in [0, 0.05) is 28.6 Å². The third kappa shape index (κ3) is 4.99. The van der Waals surface area contributed by atoms with E-state index in [1.54, 1.807) is 18.9 Å². The fraction of sp³-hybridized carbons (Fsp3) is 0.355. The van der Waals surface area contributed by atoms with Gasteiger partial charge in [0.05, 0.1) is 24.9 Å². The lowest BCUT2D eigenvalue weighted by molar-refractivity contribution is 0.254. The number of benzene rings is 3. The van der Waals surface area contributed by atoms with E-state index in [1.165, 1.54) is 47.6 Å². The highest BCUT2D eigenvalue weighted by Crippen LogP contribution is 2.55. The molecule has 7 nitrogen and oxygen atoms in total. The minimum Gasteiger partial charge on any atom is -0.493 e. The van der Waals surface area contributed by atoms with Crippen LogP contribution in [-0.4, -0.2) is 48.2 Å². The van der Waals surface area contributed by atoms with Gasteiger partial charge in [-0.05, 0) is 75.5 Å². The molecule has 1 aromatic heterocycles. The standard InChI is InChI=1S/C31H35N5O2S/c1-20-10-8-11-21(2)28(20)36-24-12-4-5-13-27(24)39-31(36)30-33-23-19-26(25(37-3)18-22(23)29(32)34-30)38-17-9-16-35-14-6-7-15-35/h4-5,8,10-13,18-19,31H,6-7,9,14-17H2,1-3H3,(H2,32,33,34). The van der Waals surface area contributed by atoms with Crippen LogP contribution < -0.4 is 20.1 Å². The smallest absolute Gasteiger partial charge is 0.164 e. The second kappa shape index (κ2) is 10.9. The summed E-state index contributed by atoms with van der Waals surface area (Å²) in [5, 5.41) is 0.611. The molecule has 39 heavy (non-hydrogen) atoms. The fourth-order valence-electron chi connectivity index (χ4n) is 5.68. The van der Waals surface area contributed by atoms with Crippen molar-refractivity contribution in [3.05, 3.63) is 71.5 Å². The summed E-state index contributed by atoms with van der Waals surface area (Å²) in [4.78, 5) is 15.9. The van der Waals surface area contributed by atoms with E-state index in [1.807, 2.05) is 12.1 Å². The maximum Gasteiger partial charge on any atom is 0.164 e. The Morgan fingerprint density at radius 2 is 1.74 bits per heavy atom. The van der Waals surface area contributed by atoms with Gasteiger partial charge in [-0.3, -0.25) is 0 Å². The van der Waals surface area contributed by atoms with Crippen LogP contribution in [0.2, 0.25) is 0 Å². The number of nitrogens with two attached hydrogens (primary N) is 1. The monoisotopic (exact) mass is 541 g/mol. The average Bonchev–Trinajstić information content (AvgIpc) is 3.59. The molecule has 2 N–H and O–H groups in total. The number of para-hydroxylation sites is 2. The Morgan fingerprint density at radius 3 is 2.51 bits per heavy atom. The molecule has 1 fully saturated rings. The molecule has 4 aromatic rings. The molecule has 3 heterocycles. The van der Waals surface area contributed by atoms with Gasteiger partial charge in [-0.2, -0.15) is 0 Å². The molecular formula is C31H35N5O2S. The summed E-state index contributed by atoms with van der Waals surface area (Å²) >= 11 is 1.75. The van der Waals surface area contributed by atoms with Crippen molar-refractivity contribution in [3.8, 4) is 11.5 Å². The molecule has 0 amide bonds. The molecule has 2 aliphatic heterocycles. The van der Waals surface area contributed by atoms with Crippen molar-refractivity contribution in [2.24, 2.45) is 0 Å². The van der Waals surface area contributed by atoms with Crippen molar-refractivity contribution in [3.63, 3.8) is 0 Å². The molecule has 8 heteroatoms. The molecule has 2 aliphatic rings. The van der Waals surface area contributed by atoms with E-state index >= 15 is 0 Å². The number of thioether (sulfide) groups is 1. The number of ether oxygens (including phenoxy) is 2. The summed E-state index contributed by atoms with van der Waals surface area (Å²) in [6.07, 6.45) is 3.57. The Balaban J connectivity index is 1.35. The molecule has 202 valence electrons. The summed E-state index contributed by atoms with van der Waals surface area (Å²) < 4.78 is 11.9. The third-order valence-corrected chi connectivity index (χ3v) is 8.85. The van der Waals surface area contributed by atoms with Crippen LogP contribution in [0.4, 0.5) is 17.2 Å². The van der Waals surface area contributed by atoms with E-state index in [0.29, 0.717) is 29.7 Å². The first-order valence-corrected chi connectivity index (χ1v) is 14.5. The zero-order chi connectivity index (χ0) is 26.9. The number of methoxy groups -OCH3 is 1. The highest BCUT2D eigenvalue weighted by atomic mass is 32.2. The Labute approximate surface area is 234 Å². The molecule has 0 spiro atoms. The quantitative estimate of drug-likeness (QED) is 0.249. The average molecular weight is 542 g/mol. The number of nitrogens with zero attached hydrogens (tertiary/aromatic N) is 4. The topological polar surface area (TPSA) is 76.7 Å². The second-order valence-corrected chi connectivity index (χ2v) is 11.4. The lowest BCUT2D eigenvalue weighted by Gasteiger charge is -2.29. The number of aromatic nitrogens is 2. The van der Waals surface area contributed by atoms with Crippen molar-refractivity contribution in [1.29, 1.82) is 0 Å². The van der Waals surface area contributed by atoms with Crippen molar-refractivity contribution >= 4 is 39.9 Å². The molecule has 1 saturated heterocycles. The molecule has 3 aromatic carbocycles. The number of fused-ring (bicyclic) bond motifs is 2. The van der Waals surface area contributed by atoms with Crippen LogP contribution in [0.5, 0.6) is 11.5 Å². The SMILES string of the molecule is COc1cc2c(N)nc(C3Sc4ccccc4N3c3c(C)cccc3C)nc2cc1OCCCN1CCCC1. The molecule has 0 aliphatic carbocycles. The first-order chi connectivity index (χ1) is 19.0. The van der Waals surface area contributed by atoms with Crippen molar-refractivity contribution in [2.45, 2.75) is 43.4 Å².